The van der Waals surface area contributed by atoms with Gasteiger partial charge in [-0.25, -0.2) is 4.39 Å². The molecular weight excluding hydrogens is 337 g/mol. The van der Waals surface area contributed by atoms with Crippen molar-refractivity contribution in [1.29, 1.82) is 0 Å². The first kappa shape index (κ1) is 15.3. The summed E-state index contributed by atoms with van der Waals surface area (Å²) in [7, 11) is 3.67. The summed E-state index contributed by atoms with van der Waals surface area (Å²) in [5.41, 5.74) is 7.78. The Morgan fingerprint density at radius 1 is 1.24 bits per heavy atom. The molecule has 1 amide bonds. The first-order valence-electron chi connectivity index (χ1n) is 6.21. The second-order valence-electron chi connectivity index (χ2n) is 4.75. The van der Waals surface area contributed by atoms with Crippen LogP contribution >= 0.6 is 15.9 Å². The number of nitrogen functional groups attached to an aromatic ring is 1. The third kappa shape index (κ3) is 3.52. The summed E-state index contributed by atoms with van der Waals surface area (Å²) < 4.78 is 13.8. The molecule has 4 nitrogen and oxygen atoms in total. The fourth-order valence-corrected chi connectivity index (χ4v) is 2.14. The van der Waals surface area contributed by atoms with E-state index in [0.29, 0.717) is 21.4 Å². The third-order valence-electron chi connectivity index (χ3n) is 2.92. The second kappa shape index (κ2) is 6.13. The molecule has 0 bridgehead atoms. The number of hydrogen-bond donors (Lipinski definition) is 2. The van der Waals surface area contributed by atoms with Crippen LogP contribution in [0.2, 0.25) is 0 Å². The van der Waals surface area contributed by atoms with Crippen molar-refractivity contribution in [3.8, 4) is 0 Å². The maximum atomic E-state index is 13.5. The van der Waals surface area contributed by atoms with Gasteiger partial charge in [0.15, 0.2) is 0 Å². The van der Waals surface area contributed by atoms with Crippen LogP contribution in [0.1, 0.15) is 10.4 Å². The molecule has 0 atom stereocenters. The van der Waals surface area contributed by atoms with Gasteiger partial charge >= 0.3 is 0 Å². The van der Waals surface area contributed by atoms with E-state index < -0.39 is 5.82 Å². The molecule has 0 saturated carbocycles. The number of amides is 1. The van der Waals surface area contributed by atoms with Crippen LogP contribution in [0.4, 0.5) is 21.5 Å². The zero-order chi connectivity index (χ0) is 15.6. The van der Waals surface area contributed by atoms with Gasteiger partial charge in [0.25, 0.3) is 5.91 Å². The highest BCUT2D eigenvalue weighted by Crippen LogP contribution is 2.24. The molecule has 0 unspecified atom stereocenters. The molecule has 0 aromatic heterocycles. The van der Waals surface area contributed by atoms with E-state index in [1.807, 2.05) is 19.0 Å². The van der Waals surface area contributed by atoms with Crippen LogP contribution in [0.3, 0.4) is 0 Å². The van der Waals surface area contributed by atoms with Gasteiger partial charge in [-0.1, -0.05) is 0 Å². The molecule has 3 N–H and O–H groups in total. The van der Waals surface area contributed by atoms with Crippen LogP contribution in [0.25, 0.3) is 0 Å². The van der Waals surface area contributed by atoms with Crippen molar-refractivity contribution in [3.05, 3.63) is 52.3 Å². The van der Waals surface area contributed by atoms with Crippen LogP contribution < -0.4 is 16.0 Å². The van der Waals surface area contributed by atoms with E-state index in [9.17, 15) is 9.18 Å². The Labute approximate surface area is 130 Å². The Balaban J connectivity index is 2.31. The Kier molecular flexibility index (Phi) is 4.47. The number of nitrogens with zero attached hydrogens (tertiary/aromatic N) is 1. The van der Waals surface area contributed by atoms with Gasteiger partial charge in [-0.3, -0.25) is 4.79 Å². The zero-order valence-electron chi connectivity index (χ0n) is 11.7. The summed E-state index contributed by atoms with van der Waals surface area (Å²) in [4.78, 5) is 14.2. The van der Waals surface area contributed by atoms with Crippen molar-refractivity contribution in [1.82, 2.24) is 0 Å². The minimum atomic E-state index is -0.437. The van der Waals surface area contributed by atoms with Gasteiger partial charge in [-0.2, -0.15) is 0 Å². The van der Waals surface area contributed by atoms with Crippen molar-refractivity contribution in [3.63, 3.8) is 0 Å². The molecule has 0 saturated heterocycles. The van der Waals surface area contributed by atoms with Gasteiger partial charge in [0.1, 0.15) is 5.82 Å². The topological polar surface area (TPSA) is 58.4 Å². The fourth-order valence-electron chi connectivity index (χ4n) is 1.90. The van der Waals surface area contributed by atoms with Gasteiger partial charge in [0.05, 0.1) is 10.0 Å². The van der Waals surface area contributed by atoms with E-state index in [0.717, 1.165) is 5.69 Å². The Hall–Kier alpha value is -2.08. The molecule has 0 aliphatic carbocycles. The highest BCUT2D eigenvalue weighted by Gasteiger charge is 2.14. The summed E-state index contributed by atoms with van der Waals surface area (Å²) in [5.74, 6) is -0.777. The van der Waals surface area contributed by atoms with Crippen LogP contribution in [-0.2, 0) is 0 Å². The van der Waals surface area contributed by atoms with Crippen LogP contribution in [-0.4, -0.2) is 20.0 Å². The van der Waals surface area contributed by atoms with E-state index >= 15 is 0 Å². The maximum Gasteiger partial charge on any atom is 0.257 e. The number of benzene rings is 2. The van der Waals surface area contributed by atoms with Crippen molar-refractivity contribution >= 4 is 38.9 Å². The largest absolute Gasteiger partial charge is 0.399 e. The van der Waals surface area contributed by atoms with Crippen molar-refractivity contribution in [2.24, 2.45) is 0 Å². The summed E-state index contributed by atoms with van der Waals surface area (Å²) in [5, 5.41) is 2.67. The van der Waals surface area contributed by atoms with Gasteiger partial charge in [-0.05, 0) is 52.3 Å². The molecule has 2 aromatic rings. The molecular formula is C15H15BrFN3O. The Bertz CT molecular complexity index is 689. The molecule has 2 rings (SSSR count). The number of nitrogens with two attached hydrogens (primary N) is 1. The minimum Gasteiger partial charge on any atom is -0.399 e. The van der Waals surface area contributed by atoms with Gasteiger partial charge in [0.2, 0.25) is 0 Å². The molecule has 0 fully saturated rings. The fraction of sp³-hybridized carbons (Fsp3) is 0.133. The summed E-state index contributed by atoms with van der Waals surface area (Å²) in [6, 6.07) is 9.51. The normalized spacial score (nSPS) is 10.3. The molecule has 0 aliphatic rings. The first-order chi connectivity index (χ1) is 9.88. The molecule has 0 radical (unpaired) electrons. The highest BCUT2D eigenvalue weighted by molar-refractivity contribution is 9.10. The van der Waals surface area contributed by atoms with Crippen LogP contribution in [0, 0.1) is 5.82 Å². The van der Waals surface area contributed by atoms with Crippen molar-refractivity contribution in [2.75, 3.05) is 30.0 Å². The van der Waals surface area contributed by atoms with E-state index in [2.05, 4.69) is 21.2 Å². The Morgan fingerprint density at radius 3 is 2.57 bits per heavy atom. The maximum absolute atomic E-state index is 13.5. The number of hydrogen-bond acceptors (Lipinski definition) is 3. The smallest absolute Gasteiger partial charge is 0.257 e. The number of nitrogens with one attached hydrogen (secondary N) is 1. The molecule has 0 spiro atoms. The average Bonchev–Trinajstić information content (AvgIpc) is 2.42. The number of carbonyl (C=O) groups excluding carboxylic acids is 1. The van der Waals surface area contributed by atoms with Crippen molar-refractivity contribution < 1.29 is 9.18 Å². The second-order valence-corrected chi connectivity index (χ2v) is 5.61. The lowest BCUT2D eigenvalue weighted by Crippen LogP contribution is -2.19. The minimum absolute atomic E-state index is 0.340. The number of carbonyl (C=O) groups is 1. The predicted octanol–water partition coefficient (Wildman–Crippen LogP) is 3.49. The molecule has 6 heteroatoms. The number of anilines is 3. The SMILES string of the molecule is CN(C)c1ccc(N)cc1C(=O)Nc1ccc(Br)c(F)c1. The number of halogens is 2. The first-order valence-corrected chi connectivity index (χ1v) is 7.01. The van der Waals surface area contributed by atoms with Gasteiger partial charge in [-0.15, -0.1) is 0 Å². The van der Waals surface area contributed by atoms with Gasteiger partial charge < -0.3 is 16.0 Å². The van der Waals surface area contributed by atoms with E-state index in [-0.39, 0.29) is 5.91 Å². The lowest BCUT2D eigenvalue weighted by molar-refractivity contribution is 0.102. The molecule has 110 valence electrons. The van der Waals surface area contributed by atoms with Crippen LogP contribution in [0.15, 0.2) is 40.9 Å². The van der Waals surface area contributed by atoms with E-state index in [1.165, 1.54) is 12.1 Å². The molecule has 2 aromatic carbocycles. The summed E-state index contributed by atoms with van der Waals surface area (Å²) >= 11 is 3.07. The zero-order valence-corrected chi connectivity index (χ0v) is 13.2. The quantitative estimate of drug-likeness (QED) is 0.832. The number of rotatable bonds is 3. The molecule has 0 aliphatic heterocycles. The standard InChI is InChI=1S/C15H15BrFN3O/c1-20(2)14-6-3-9(18)7-11(14)15(21)19-10-4-5-12(16)13(17)8-10/h3-8H,18H2,1-2H3,(H,19,21). The molecule has 21 heavy (non-hydrogen) atoms. The Morgan fingerprint density at radius 2 is 1.95 bits per heavy atom. The monoisotopic (exact) mass is 351 g/mol. The highest BCUT2D eigenvalue weighted by atomic mass is 79.9. The summed E-state index contributed by atoms with van der Waals surface area (Å²) in [6.45, 7) is 0. The molecule has 0 heterocycles. The van der Waals surface area contributed by atoms with Gasteiger partial charge in [0, 0.05) is 31.2 Å². The van der Waals surface area contributed by atoms with Crippen molar-refractivity contribution in [2.45, 2.75) is 0 Å². The third-order valence-corrected chi connectivity index (χ3v) is 3.57. The van der Waals surface area contributed by atoms with E-state index in [4.69, 9.17) is 5.73 Å². The lowest BCUT2D eigenvalue weighted by Gasteiger charge is -2.17. The predicted molar refractivity (Wildman–Crippen MR) is 87.2 cm³/mol. The lowest BCUT2D eigenvalue weighted by atomic mass is 10.1. The summed E-state index contributed by atoms with van der Waals surface area (Å²) in [6.07, 6.45) is 0. The van der Waals surface area contributed by atoms with E-state index in [1.54, 1.807) is 24.3 Å². The van der Waals surface area contributed by atoms with Crippen LogP contribution in [0.5, 0.6) is 0 Å². The average molecular weight is 352 g/mol.